The Hall–Kier alpha value is -1.80. The summed E-state index contributed by atoms with van der Waals surface area (Å²) in [4.78, 5) is 15.2. The van der Waals surface area contributed by atoms with Gasteiger partial charge in [0, 0.05) is 30.7 Å². The average molecular weight is 452 g/mol. The quantitative estimate of drug-likeness (QED) is 0.378. The summed E-state index contributed by atoms with van der Waals surface area (Å²) < 4.78 is 56.1. The average Bonchev–Trinajstić information content (AvgIpc) is 2.65. The summed E-state index contributed by atoms with van der Waals surface area (Å²) in [6.07, 6.45) is 0. The van der Waals surface area contributed by atoms with E-state index in [9.17, 15) is 22.4 Å². The van der Waals surface area contributed by atoms with E-state index >= 15 is 0 Å². The van der Waals surface area contributed by atoms with E-state index in [2.05, 4.69) is 15.9 Å². The van der Waals surface area contributed by atoms with Gasteiger partial charge in [-0.15, -0.1) is 0 Å². The topological polar surface area (TPSA) is 23.6 Å². The van der Waals surface area contributed by atoms with E-state index in [0.29, 0.717) is 10.0 Å². The molecular weight excluding hydrogens is 440 g/mol. The molecule has 0 unspecified atom stereocenters. The lowest BCUT2D eigenvalue weighted by molar-refractivity contribution is 0.0745. The van der Waals surface area contributed by atoms with Crippen molar-refractivity contribution in [1.82, 2.24) is 4.90 Å². The summed E-state index contributed by atoms with van der Waals surface area (Å²) in [6, 6.07) is 6.88. The minimum absolute atomic E-state index is 0.0184. The molecule has 0 atom stereocenters. The fourth-order valence-electron chi connectivity index (χ4n) is 2.81. The molecule has 1 aliphatic rings. The minimum atomic E-state index is -1.63. The zero-order valence-corrected chi connectivity index (χ0v) is 15.6. The predicted octanol–water partition coefficient (Wildman–Crippen LogP) is 4.62. The van der Waals surface area contributed by atoms with Crippen molar-refractivity contribution in [3.8, 4) is 0 Å². The monoisotopic (exact) mass is 450 g/mol. The van der Waals surface area contributed by atoms with Crippen molar-refractivity contribution in [3.05, 3.63) is 62.6 Å². The van der Waals surface area contributed by atoms with Gasteiger partial charge in [-0.2, -0.15) is 0 Å². The van der Waals surface area contributed by atoms with Gasteiger partial charge in [-0.3, -0.25) is 4.79 Å². The van der Waals surface area contributed by atoms with E-state index in [1.54, 1.807) is 24.3 Å². The molecule has 9 heteroatoms. The molecule has 138 valence electrons. The van der Waals surface area contributed by atoms with Crippen molar-refractivity contribution in [2.24, 2.45) is 0 Å². The number of halogens is 6. The van der Waals surface area contributed by atoms with Crippen LogP contribution >= 0.6 is 27.5 Å². The standard InChI is InChI=1S/C17H12BrClF4N2O/c18-10-4-2-1-3-9(10)17(26)25-7-5-24(6-8-25)16-14(22)12(20)11(19)13(21)15(16)23/h1-4H,5-8H2. The maximum absolute atomic E-state index is 14.1. The molecule has 0 saturated carbocycles. The zero-order chi connectivity index (χ0) is 19.0. The number of amides is 1. The van der Waals surface area contributed by atoms with Crippen LogP contribution in [-0.4, -0.2) is 37.0 Å². The molecule has 2 aromatic rings. The number of hydrogen-bond donors (Lipinski definition) is 0. The molecule has 1 aliphatic heterocycles. The Morgan fingerprint density at radius 1 is 0.923 bits per heavy atom. The van der Waals surface area contributed by atoms with Crippen LogP contribution in [0.5, 0.6) is 0 Å². The maximum atomic E-state index is 14.1. The number of anilines is 1. The largest absolute Gasteiger partial charge is 0.363 e. The van der Waals surface area contributed by atoms with Crippen LogP contribution in [-0.2, 0) is 0 Å². The Kier molecular flexibility index (Phi) is 5.43. The molecule has 0 aliphatic carbocycles. The number of rotatable bonds is 2. The van der Waals surface area contributed by atoms with E-state index in [1.807, 2.05) is 0 Å². The number of benzene rings is 2. The van der Waals surface area contributed by atoms with Gasteiger partial charge in [-0.05, 0) is 28.1 Å². The van der Waals surface area contributed by atoms with Gasteiger partial charge in [0.25, 0.3) is 5.91 Å². The van der Waals surface area contributed by atoms with Gasteiger partial charge in [0.05, 0.1) is 5.56 Å². The van der Waals surface area contributed by atoms with Crippen molar-refractivity contribution in [3.63, 3.8) is 0 Å². The van der Waals surface area contributed by atoms with Crippen molar-refractivity contribution in [1.29, 1.82) is 0 Å². The van der Waals surface area contributed by atoms with E-state index in [-0.39, 0.29) is 32.1 Å². The first-order valence-electron chi connectivity index (χ1n) is 7.63. The number of nitrogens with zero attached hydrogens (tertiary/aromatic N) is 2. The molecule has 1 heterocycles. The summed E-state index contributed by atoms with van der Waals surface area (Å²) in [5, 5.41) is -1.22. The molecule has 26 heavy (non-hydrogen) atoms. The van der Waals surface area contributed by atoms with Gasteiger partial charge in [-0.1, -0.05) is 23.7 Å². The summed E-state index contributed by atoms with van der Waals surface area (Å²) >= 11 is 8.54. The Balaban J connectivity index is 1.80. The van der Waals surface area contributed by atoms with Crippen LogP contribution in [0.4, 0.5) is 23.2 Å². The number of hydrogen-bond acceptors (Lipinski definition) is 2. The van der Waals surface area contributed by atoms with Gasteiger partial charge in [0.15, 0.2) is 23.3 Å². The number of carbonyl (C=O) groups excluding carboxylic acids is 1. The molecule has 3 rings (SSSR count). The van der Waals surface area contributed by atoms with Gasteiger partial charge in [0.1, 0.15) is 10.7 Å². The molecule has 2 aromatic carbocycles. The first-order chi connectivity index (χ1) is 12.3. The third-order valence-corrected chi connectivity index (χ3v) is 5.20. The predicted molar refractivity (Wildman–Crippen MR) is 93.5 cm³/mol. The van der Waals surface area contributed by atoms with Crippen LogP contribution in [0.1, 0.15) is 10.4 Å². The smallest absolute Gasteiger partial charge is 0.255 e. The van der Waals surface area contributed by atoms with Gasteiger partial charge < -0.3 is 9.80 Å². The molecule has 0 spiro atoms. The summed E-state index contributed by atoms with van der Waals surface area (Å²) in [5.74, 6) is -6.59. The molecule has 0 N–H and O–H groups in total. The Morgan fingerprint density at radius 3 is 2.00 bits per heavy atom. The maximum Gasteiger partial charge on any atom is 0.255 e. The second-order valence-electron chi connectivity index (χ2n) is 5.68. The molecule has 1 fully saturated rings. The highest BCUT2D eigenvalue weighted by Crippen LogP contribution is 2.34. The SMILES string of the molecule is O=C(c1ccccc1Br)N1CCN(c2c(F)c(F)c(Cl)c(F)c2F)CC1. The van der Waals surface area contributed by atoms with E-state index < -0.39 is 34.0 Å². The molecular formula is C17H12BrClF4N2O. The van der Waals surface area contributed by atoms with Gasteiger partial charge in [-0.25, -0.2) is 17.6 Å². The first kappa shape index (κ1) is 19.0. The van der Waals surface area contributed by atoms with E-state index in [4.69, 9.17) is 11.6 Å². The lowest BCUT2D eigenvalue weighted by Gasteiger charge is -2.36. The fraction of sp³-hybridized carbons (Fsp3) is 0.235. The third-order valence-electron chi connectivity index (χ3n) is 4.17. The molecule has 1 saturated heterocycles. The minimum Gasteiger partial charge on any atom is -0.363 e. The Bertz CT molecular complexity index is 843. The first-order valence-corrected chi connectivity index (χ1v) is 8.80. The van der Waals surface area contributed by atoms with Gasteiger partial charge in [0.2, 0.25) is 0 Å². The molecule has 0 bridgehead atoms. The van der Waals surface area contributed by atoms with Crippen molar-refractivity contribution < 1.29 is 22.4 Å². The fourth-order valence-corrected chi connectivity index (χ4v) is 3.43. The van der Waals surface area contributed by atoms with Crippen LogP contribution < -0.4 is 4.90 Å². The van der Waals surface area contributed by atoms with Crippen molar-refractivity contribution in [2.75, 3.05) is 31.1 Å². The molecule has 1 amide bonds. The lowest BCUT2D eigenvalue weighted by atomic mass is 10.1. The van der Waals surface area contributed by atoms with Gasteiger partial charge >= 0.3 is 0 Å². The van der Waals surface area contributed by atoms with E-state index in [0.717, 1.165) is 4.90 Å². The summed E-state index contributed by atoms with van der Waals surface area (Å²) in [7, 11) is 0. The van der Waals surface area contributed by atoms with Crippen molar-refractivity contribution in [2.45, 2.75) is 0 Å². The highest BCUT2D eigenvalue weighted by molar-refractivity contribution is 9.10. The molecule has 0 radical (unpaired) electrons. The highest BCUT2D eigenvalue weighted by Gasteiger charge is 2.31. The normalized spacial score (nSPS) is 14.7. The number of piperazine rings is 1. The van der Waals surface area contributed by atoms with Crippen molar-refractivity contribution >= 4 is 39.1 Å². The third kappa shape index (κ3) is 3.27. The van der Waals surface area contributed by atoms with Crippen LogP contribution in [0.25, 0.3) is 0 Å². The van der Waals surface area contributed by atoms with Crippen LogP contribution in [0.3, 0.4) is 0 Å². The van der Waals surface area contributed by atoms with E-state index in [1.165, 1.54) is 4.90 Å². The lowest BCUT2D eigenvalue weighted by Crippen LogP contribution is -2.49. The van der Waals surface area contributed by atoms with Crippen LogP contribution in [0.15, 0.2) is 28.7 Å². The Morgan fingerprint density at radius 2 is 1.46 bits per heavy atom. The summed E-state index contributed by atoms with van der Waals surface area (Å²) in [6.45, 7) is 0.324. The Labute approximate surface area is 160 Å². The molecule has 3 nitrogen and oxygen atoms in total. The second-order valence-corrected chi connectivity index (χ2v) is 6.91. The van der Waals surface area contributed by atoms with Crippen LogP contribution in [0, 0.1) is 23.3 Å². The van der Waals surface area contributed by atoms with Crippen LogP contribution in [0.2, 0.25) is 5.02 Å². The second kappa shape index (κ2) is 7.44. The zero-order valence-electron chi connectivity index (χ0n) is 13.2. The summed E-state index contributed by atoms with van der Waals surface area (Å²) in [5.41, 5.74) is -0.348. The molecule has 0 aromatic heterocycles. The number of carbonyl (C=O) groups is 1. The highest BCUT2D eigenvalue weighted by atomic mass is 79.9.